The van der Waals surface area contributed by atoms with Crippen molar-refractivity contribution >= 4 is 52.5 Å². The van der Waals surface area contributed by atoms with Crippen LogP contribution >= 0.6 is 34.7 Å². The predicted octanol–water partition coefficient (Wildman–Crippen LogP) is 4.51. The maximum Gasteiger partial charge on any atom is 0.334 e. The fourth-order valence-corrected chi connectivity index (χ4v) is 6.61. The summed E-state index contributed by atoms with van der Waals surface area (Å²) in [6.45, 7) is 0. The van der Waals surface area contributed by atoms with Crippen LogP contribution in [0.3, 0.4) is 0 Å². The molecule has 5 rings (SSSR count). The Balaban J connectivity index is 1.35. The van der Waals surface area contributed by atoms with Gasteiger partial charge in [-0.05, 0) is 33.6 Å². The fraction of sp³-hybridized carbons (Fsp3) is 0.222. The lowest BCUT2D eigenvalue weighted by Gasteiger charge is -2.51. The lowest BCUT2D eigenvalue weighted by molar-refractivity contribution is -0.165. The SMILES string of the molecule is O=C(Cc1cccs1)NC1C(=O)N2C(C(=O)OC(c3ccccc3)c3ccccc3)C(CCl)=CS[C@H]12. The Labute approximate surface area is 222 Å². The first-order chi connectivity index (χ1) is 17.6. The smallest absolute Gasteiger partial charge is 0.334 e. The van der Waals surface area contributed by atoms with E-state index in [4.69, 9.17) is 16.3 Å². The van der Waals surface area contributed by atoms with Gasteiger partial charge >= 0.3 is 5.97 Å². The zero-order chi connectivity index (χ0) is 25.1. The molecule has 2 unspecified atom stereocenters. The van der Waals surface area contributed by atoms with Crippen LogP contribution in [0.25, 0.3) is 0 Å². The molecule has 2 aliphatic rings. The van der Waals surface area contributed by atoms with Crippen LogP contribution in [0, 0.1) is 0 Å². The van der Waals surface area contributed by atoms with E-state index in [0.717, 1.165) is 16.0 Å². The number of amides is 2. The van der Waals surface area contributed by atoms with Gasteiger partial charge < -0.3 is 15.0 Å². The van der Waals surface area contributed by atoms with E-state index >= 15 is 0 Å². The molecule has 184 valence electrons. The number of nitrogens with one attached hydrogen (secondary N) is 1. The van der Waals surface area contributed by atoms with Gasteiger partial charge in [-0.1, -0.05) is 66.7 Å². The van der Waals surface area contributed by atoms with E-state index in [-0.39, 0.29) is 24.1 Å². The number of esters is 1. The van der Waals surface area contributed by atoms with E-state index in [1.54, 1.807) is 0 Å². The first-order valence-corrected chi connectivity index (χ1v) is 13.8. The van der Waals surface area contributed by atoms with Crippen molar-refractivity contribution in [2.45, 2.75) is 30.0 Å². The Morgan fingerprint density at radius 3 is 2.25 bits per heavy atom. The average Bonchev–Trinajstić information content (AvgIpc) is 3.43. The molecular weight excluding hydrogens is 516 g/mol. The molecule has 1 saturated heterocycles. The molecule has 6 nitrogen and oxygen atoms in total. The molecule has 2 amide bonds. The van der Waals surface area contributed by atoms with E-state index in [9.17, 15) is 14.4 Å². The summed E-state index contributed by atoms with van der Waals surface area (Å²) >= 11 is 9.05. The number of alkyl halides is 1. The van der Waals surface area contributed by atoms with Crippen molar-refractivity contribution in [1.29, 1.82) is 0 Å². The highest BCUT2D eigenvalue weighted by molar-refractivity contribution is 8.03. The summed E-state index contributed by atoms with van der Waals surface area (Å²) in [5.41, 5.74) is 2.24. The summed E-state index contributed by atoms with van der Waals surface area (Å²) in [6.07, 6.45) is -0.426. The van der Waals surface area contributed by atoms with Gasteiger partial charge in [0, 0.05) is 10.8 Å². The Hall–Kier alpha value is -3.07. The number of nitrogens with zero attached hydrogens (tertiary/aromatic N) is 1. The van der Waals surface area contributed by atoms with Crippen molar-refractivity contribution in [3.8, 4) is 0 Å². The number of ether oxygens (including phenoxy) is 1. The Bertz CT molecular complexity index is 1230. The Morgan fingerprint density at radius 2 is 1.67 bits per heavy atom. The third-order valence-corrected chi connectivity index (χ3v) is 8.52. The highest BCUT2D eigenvalue weighted by Gasteiger charge is 2.56. The Kier molecular flexibility index (Phi) is 7.46. The molecule has 1 N–H and O–H groups in total. The molecular formula is C27H23ClN2O4S2. The number of carbonyl (C=O) groups excluding carboxylic acids is 3. The molecule has 0 radical (unpaired) electrons. The number of hydrogen-bond donors (Lipinski definition) is 1. The van der Waals surface area contributed by atoms with Crippen molar-refractivity contribution in [2.24, 2.45) is 0 Å². The van der Waals surface area contributed by atoms with Crippen LogP contribution < -0.4 is 5.32 Å². The van der Waals surface area contributed by atoms with Gasteiger partial charge in [0.25, 0.3) is 0 Å². The first-order valence-electron chi connectivity index (χ1n) is 11.4. The molecule has 3 heterocycles. The van der Waals surface area contributed by atoms with E-state index in [0.29, 0.717) is 5.57 Å². The second-order valence-corrected chi connectivity index (χ2v) is 10.7. The highest BCUT2D eigenvalue weighted by Crippen LogP contribution is 2.41. The lowest BCUT2D eigenvalue weighted by Crippen LogP contribution is -2.74. The van der Waals surface area contributed by atoms with Gasteiger partial charge in [-0.25, -0.2) is 4.79 Å². The molecule has 3 aromatic rings. The van der Waals surface area contributed by atoms with Gasteiger partial charge in [0.05, 0.1) is 6.42 Å². The van der Waals surface area contributed by atoms with E-state index in [1.165, 1.54) is 28.0 Å². The van der Waals surface area contributed by atoms with Crippen LogP contribution in [-0.4, -0.2) is 46.0 Å². The van der Waals surface area contributed by atoms with Crippen molar-refractivity contribution in [1.82, 2.24) is 10.2 Å². The van der Waals surface area contributed by atoms with Crippen molar-refractivity contribution in [3.05, 3.63) is 105 Å². The van der Waals surface area contributed by atoms with Gasteiger partial charge in [-0.2, -0.15) is 0 Å². The highest BCUT2D eigenvalue weighted by atomic mass is 35.5. The van der Waals surface area contributed by atoms with Crippen molar-refractivity contribution in [3.63, 3.8) is 0 Å². The zero-order valence-corrected chi connectivity index (χ0v) is 21.5. The summed E-state index contributed by atoms with van der Waals surface area (Å²) in [6, 6.07) is 21.1. The zero-order valence-electron chi connectivity index (χ0n) is 19.1. The molecule has 1 fully saturated rings. The predicted molar refractivity (Wildman–Crippen MR) is 142 cm³/mol. The fourth-order valence-electron chi connectivity index (χ4n) is 4.37. The number of β-lactam (4-membered cyclic amide) rings is 1. The number of hydrogen-bond acceptors (Lipinski definition) is 6. The van der Waals surface area contributed by atoms with Crippen molar-refractivity contribution in [2.75, 3.05) is 5.88 Å². The third-order valence-electron chi connectivity index (χ3n) is 6.12. The van der Waals surface area contributed by atoms with Gasteiger partial charge in [-0.3, -0.25) is 9.59 Å². The summed E-state index contributed by atoms with van der Waals surface area (Å²) < 4.78 is 6.05. The van der Waals surface area contributed by atoms with Crippen LogP contribution in [0.4, 0.5) is 0 Å². The van der Waals surface area contributed by atoms with Crippen LogP contribution in [0.2, 0.25) is 0 Å². The summed E-state index contributed by atoms with van der Waals surface area (Å²) in [4.78, 5) is 41.7. The van der Waals surface area contributed by atoms with E-state index in [2.05, 4.69) is 5.32 Å². The molecule has 0 spiro atoms. The van der Waals surface area contributed by atoms with Gasteiger partial charge in [-0.15, -0.1) is 34.7 Å². The largest absolute Gasteiger partial charge is 0.451 e. The number of fused-ring (bicyclic) bond motifs is 1. The molecule has 0 saturated carbocycles. The molecule has 1 aromatic heterocycles. The minimum absolute atomic E-state index is 0.0833. The van der Waals surface area contributed by atoms with Crippen molar-refractivity contribution < 1.29 is 19.1 Å². The maximum atomic E-state index is 13.6. The molecule has 36 heavy (non-hydrogen) atoms. The Morgan fingerprint density at radius 1 is 1.00 bits per heavy atom. The number of carbonyl (C=O) groups is 3. The van der Waals surface area contributed by atoms with E-state index < -0.39 is 29.5 Å². The first kappa shape index (κ1) is 24.6. The second-order valence-electron chi connectivity index (χ2n) is 8.44. The lowest BCUT2D eigenvalue weighted by atomic mass is 9.97. The summed E-state index contributed by atoms with van der Waals surface area (Å²) in [5, 5.41) is 6.14. The van der Waals surface area contributed by atoms with Gasteiger partial charge in [0.1, 0.15) is 11.4 Å². The van der Waals surface area contributed by atoms with Gasteiger partial charge in [0.15, 0.2) is 12.1 Å². The summed E-state index contributed by atoms with van der Waals surface area (Å²) in [7, 11) is 0. The molecule has 2 aromatic carbocycles. The molecule has 2 aliphatic heterocycles. The molecule has 3 atom stereocenters. The number of thioether (sulfide) groups is 1. The second kappa shape index (κ2) is 10.9. The quantitative estimate of drug-likeness (QED) is 0.259. The number of rotatable bonds is 8. The minimum atomic E-state index is -0.943. The normalized spacial score (nSPS) is 20.8. The molecule has 0 bridgehead atoms. The topological polar surface area (TPSA) is 75.7 Å². The van der Waals surface area contributed by atoms with Crippen LogP contribution in [-0.2, 0) is 25.5 Å². The van der Waals surface area contributed by atoms with Crippen LogP contribution in [0.1, 0.15) is 22.1 Å². The average molecular weight is 539 g/mol. The minimum Gasteiger partial charge on any atom is -0.451 e. The van der Waals surface area contributed by atoms with Crippen LogP contribution in [0.5, 0.6) is 0 Å². The standard InChI is InChI=1S/C27H23ClN2O4S2/c28-15-19-16-36-26-22(29-21(31)14-20-12-7-13-35-20)25(32)30(26)23(19)27(33)34-24(17-8-3-1-4-9-17)18-10-5-2-6-11-18/h1-13,16,22-24,26H,14-15H2,(H,29,31)/t22?,23?,26-/m1/s1. The number of thiophene rings is 1. The summed E-state index contributed by atoms with van der Waals surface area (Å²) in [5.74, 6) is -1.02. The molecule has 0 aliphatic carbocycles. The van der Waals surface area contributed by atoms with Crippen LogP contribution in [0.15, 0.2) is 89.2 Å². The van der Waals surface area contributed by atoms with Gasteiger partial charge in [0.2, 0.25) is 11.8 Å². The number of benzene rings is 2. The molecule has 9 heteroatoms. The van der Waals surface area contributed by atoms with E-state index in [1.807, 2.05) is 83.6 Å². The third kappa shape index (κ3) is 4.93. The maximum absolute atomic E-state index is 13.6. The monoisotopic (exact) mass is 538 g/mol. The number of halogens is 1.